The lowest BCUT2D eigenvalue weighted by Gasteiger charge is -2.16. The summed E-state index contributed by atoms with van der Waals surface area (Å²) < 4.78 is 0. The van der Waals surface area contributed by atoms with Crippen molar-refractivity contribution in [3.05, 3.63) is 116 Å². The van der Waals surface area contributed by atoms with Gasteiger partial charge in [0, 0.05) is 37.4 Å². The van der Waals surface area contributed by atoms with E-state index in [1.807, 2.05) is 43.8 Å². The molecular formula is C34H26N4. The Morgan fingerprint density at radius 3 is 1.55 bits per heavy atom. The van der Waals surface area contributed by atoms with Crippen molar-refractivity contribution in [1.29, 1.82) is 0 Å². The summed E-state index contributed by atoms with van der Waals surface area (Å²) in [6.07, 6.45) is 10.8. The molecule has 0 aliphatic carbocycles. The van der Waals surface area contributed by atoms with Gasteiger partial charge in [-0.25, -0.2) is 9.97 Å². The number of nitrogens with zero attached hydrogens (tertiary/aromatic N) is 4. The van der Waals surface area contributed by atoms with Gasteiger partial charge in [0.15, 0.2) is 0 Å². The average molecular weight is 491 g/mol. The molecule has 0 aliphatic rings. The summed E-state index contributed by atoms with van der Waals surface area (Å²) in [7, 11) is 1.75. The molecule has 5 aromatic carbocycles. The summed E-state index contributed by atoms with van der Waals surface area (Å²) >= 11 is 0. The van der Waals surface area contributed by atoms with Crippen LogP contribution in [0.2, 0.25) is 0 Å². The van der Waals surface area contributed by atoms with Gasteiger partial charge < -0.3 is 4.99 Å². The van der Waals surface area contributed by atoms with Crippen LogP contribution in [0.3, 0.4) is 0 Å². The van der Waals surface area contributed by atoms with Crippen LogP contribution in [0.25, 0.3) is 65.7 Å². The molecule has 0 fully saturated rings. The predicted octanol–water partition coefficient (Wildman–Crippen LogP) is 8.48. The first-order valence-corrected chi connectivity index (χ1v) is 12.6. The van der Waals surface area contributed by atoms with E-state index in [1.54, 1.807) is 19.6 Å². The highest BCUT2D eigenvalue weighted by atomic mass is 14.8. The Labute approximate surface area is 221 Å². The molecule has 0 unspecified atom stereocenters. The second kappa shape index (κ2) is 10.2. The van der Waals surface area contributed by atoms with Gasteiger partial charge in [-0.2, -0.15) is 0 Å². The van der Waals surface area contributed by atoms with Crippen molar-refractivity contribution >= 4 is 38.5 Å². The van der Waals surface area contributed by atoms with Gasteiger partial charge in [0.2, 0.25) is 0 Å². The maximum absolute atomic E-state index is 4.24. The molecule has 4 nitrogen and oxygen atoms in total. The predicted molar refractivity (Wildman–Crippen MR) is 160 cm³/mol. The van der Waals surface area contributed by atoms with Gasteiger partial charge >= 0.3 is 0 Å². The van der Waals surface area contributed by atoms with E-state index in [1.165, 1.54) is 54.6 Å². The van der Waals surface area contributed by atoms with Crippen LogP contribution < -0.4 is 0 Å². The fraction of sp³-hybridized carbons (Fsp3) is 0.0588. The normalized spacial score (nSPS) is 11.3. The zero-order chi connectivity index (χ0) is 25.9. The van der Waals surface area contributed by atoms with E-state index in [4.69, 9.17) is 0 Å². The molecule has 2 aromatic heterocycles. The number of rotatable bonds is 3. The SMILES string of the molecule is CC=NC.c1cc(-c2ccc(-c3ccc4ccc5c(-c6cncnc6)ccc6ccc3c4c65)cc2)ccn1. The fourth-order valence-electron chi connectivity index (χ4n) is 5.13. The van der Waals surface area contributed by atoms with Crippen molar-refractivity contribution in [2.24, 2.45) is 4.99 Å². The number of pyridine rings is 1. The largest absolute Gasteiger partial charge is 0.301 e. The molecule has 0 bridgehead atoms. The molecule has 0 atom stereocenters. The Morgan fingerprint density at radius 2 is 1.00 bits per heavy atom. The molecule has 0 amide bonds. The minimum atomic E-state index is 1.03. The van der Waals surface area contributed by atoms with Crippen LogP contribution in [0.1, 0.15) is 6.92 Å². The smallest absolute Gasteiger partial charge is 0.115 e. The molecule has 0 saturated heterocycles. The van der Waals surface area contributed by atoms with Crippen molar-refractivity contribution in [2.45, 2.75) is 6.92 Å². The van der Waals surface area contributed by atoms with Crippen molar-refractivity contribution in [3.8, 4) is 33.4 Å². The van der Waals surface area contributed by atoms with Crippen molar-refractivity contribution in [2.75, 3.05) is 7.05 Å². The first-order valence-electron chi connectivity index (χ1n) is 12.6. The summed E-state index contributed by atoms with van der Waals surface area (Å²) in [5, 5.41) is 7.62. The molecule has 0 saturated carbocycles. The van der Waals surface area contributed by atoms with Gasteiger partial charge in [-0.05, 0) is 85.4 Å². The highest BCUT2D eigenvalue weighted by Crippen LogP contribution is 2.42. The molecule has 182 valence electrons. The lowest BCUT2D eigenvalue weighted by molar-refractivity contribution is 1.17. The highest BCUT2D eigenvalue weighted by molar-refractivity contribution is 6.27. The third-order valence-electron chi connectivity index (χ3n) is 7.00. The first kappa shape index (κ1) is 23.4. The molecule has 7 rings (SSSR count). The lowest BCUT2D eigenvalue weighted by atomic mass is 9.87. The first-order chi connectivity index (χ1) is 18.8. The minimum absolute atomic E-state index is 1.03. The molecule has 4 heteroatoms. The standard InChI is InChI=1S/C31H19N3.C3H7N/c1-3-22(4-2-20(1)21-13-15-32-16-14-21)26-9-5-23-8-12-29-27(25-17-33-19-34-18-25)10-6-24-7-11-28(26)30(23)31(24)29;1-3-4-2/h1-19H;3H,1-2H3. The van der Waals surface area contributed by atoms with Crippen LogP contribution in [0, 0.1) is 0 Å². The van der Waals surface area contributed by atoms with Crippen LogP contribution in [0.4, 0.5) is 0 Å². The van der Waals surface area contributed by atoms with Crippen LogP contribution >= 0.6 is 0 Å². The maximum atomic E-state index is 4.24. The summed E-state index contributed by atoms with van der Waals surface area (Å²) in [6.45, 7) is 1.89. The highest BCUT2D eigenvalue weighted by Gasteiger charge is 2.15. The van der Waals surface area contributed by atoms with Crippen LogP contribution in [-0.4, -0.2) is 28.2 Å². The van der Waals surface area contributed by atoms with E-state index in [-0.39, 0.29) is 0 Å². The molecule has 0 spiro atoms. The van der Waals surface area contributed by atoms with Gasteiger partial charge in [0.25, 0.3) is 0 Å². The molecule has 0 aliphatic heterocycles. The summed E-state index contributed by atoms with van der Waals surface area (Å²) in [4.78, 5) is 16.2. The Bertz CT molecular complexity index is 1860. The van der Waals surface area contributed by atoms with Crippen LogP contribution in [-0.2, 0) is 0 Å². The van der Waals surface area contributed by atoms with E-state index >= 15 is 0 Å². The molecule has 38 heavy (non-hydrogen) atoms. The second-order valence-corrected chi connectivity index (χ2v) is 9.11. The van der Waals surface area contributed by atoms with Crippen LogP contribution in [0.5, 0.6) is 0 Å². The van der Waals surface area contributed by atoms with Gasteiger partial charge in [-0.1, -0.05) is 72.8 Å². The number of hydrogen-bond acceptors (Lipinski definition) is 4. The molecule has 7 aromatic rings. The zero-order valence-electron chi connectivity index (χ0n) is 21.3. The summed E-state index contributed by atoms with van der Waals surface area (Å²) in [5.41, 5.74) is 7.03. The van der Waals surface area contributed by atoms with E-state index < -0.39 is 0 Å². The van der Waals surface area contributed by atoms with Gasteiger partial charge in [0.1, 0.15) is 6.33 Å². The second-order valence-electron chi connectivity index (χ2n) is 9.11. The summed E-state index contributed by atoms with van der Waals surface area (Å²) in [5.74, 6) is 0. The number of benzene rings is 5. The Balaban J connectivity index is 0.000000620. The van der Waals surface area contributed by atoms with E-state index in [2.05, 4.69) is 92.7 Å². The fourth-order valence-corrected chi connectivity index (χ4v) is 5.13. The zero-order valence-corrected chi connectivity index (χ0v) is 21.3. The van der Waals surface area contributed by atoms with Gasteiger partial charge in [-0.3, -0.25) is 4.98 Å². The monoisotopic (exact) mass is 490 g/mol. The van der Waals surface area contributed by atoms with Crippen molar-refractivity contribution < 1.29 is 0 Å². The molecule has 2 heterocycles. The number of hydrogen-bond donors (Lipinski definition) is 0. The number of aromatic nitrogens is 3. The Morgan fingerprint density at radius 1 is 0.526 bits per heavy atom. The third-order valence-corrected chi connectivity index (χ3v) is 7.00. The van der Waals surface area contributed by atoms with Crippen molar-refractivity contribution in [3.63, 3.8) is 0 Å². The van der Waals surface area contributed by atoms with Gasteiger partial charge in [-0.15, -0.1) is 0 Å². The number of aliphatic imine (C=N–C) groups is 1. The van der Waals surface area contributed by atoms with E-state index in [0.29, 0.717) is 0 Å². The molecular weight excluding hydrogens is 464 g/mol. The summed E-state index contributed by atoms with van der Waals surface area (Å²) in [6, 6.07) is 30.7. The van der Waals surface area contributed by atoms with Gasteiger partial charge in [0.05, 0.1) is 0 Å². The quantitative estimate of drug-likeness (QED) is 0.184. The average Bonchev–Trinajstić information content (AvgIpc) is 3.01. The minimum Gasteiger partial charge on any atom is -0.301 e. The Hall–Kier alpha value is -4.96. The lowest BCUT2D eigenvalue weighted by Crippen LogP contribution is -1.90. The Kier molecular flexibility index (Phi) is 6.29. The van der Waals surface area contributed by atoms with Crippen LogP contribution in [0.15, 0.2) is 121 Å². The van der Waals surface area contributed by atoms with E-state index in [9.17, 15) is 0 Å². The maximum Gasteiger partial charge on any atom is 0.115 e. The molecule has 0 radical (unpaired) electrons. The topological polar surface area (TPSA) is 51.0 Å². The van der Waals surface area contributed by atoms with E-state index in [0.717, 1.165) is 11.1 Å². The molecule has 0 N–H and O–H groups in total. The van der Waals surface area contributed by atoms with Crippen molar-refractivity contribution in [1.82, 2.24) is 15.0 Å². The third kappa shape index (κ3) is 4.16.